The smallest absolute Gasteiger partial charge is 0.226 e. The molecule has 138 valence electrons. The summed E-state index contributed by atoms with van der Waals surface area (Å²) < 4.78 is 21.2. The molecule has 3 heterocycles. The lowest BCUT2D eigenvalue weighted by Gasteiger charge is -2.18. The van der Waals surface area contributed by atoms with Crippen LogP contribution in [0.15, 0.2) is 6.33 Å². The molecule has 8 nitrogen and oxygen atoms in total. The minimum atomic E-state index is -1.72. The Labute approximate surface area is 150 Å². The molecule has 0 bridgehead atoms. The monoisotopic (exact) mass is 389 g/mol. The van der Waals surface area contributed by atoms with Crippen LogP contribution in [0.25, 0.3) is 11.2 Å². The van der Waals surface area contributed by atoms with Crippen molar-refractivity contribution in [1.82, 2.24) is 19.5 Å². The topological polar surface area (TPSA) is 105 Å². The van der Waals surface area contributed by atoms with E-state index in [4.69, 9.17) is 16.3 Å². The second kappa shape index (κ2) is 6.76. The van der Waals surface area contributed by atoms with E-state index in [0.717, 1.165) is 6.17 Å². The van der Waals surface area contributed by atoms with Crippen molar-refractivity contribution < 1.29 is 19.3 Å². The summed E-state index contributed by atoms with van der Waals surface area (Å²) in [5.41, 5.74) is 0.747. The van der Waals surface area contributed by atoms with E-state index in [0.29, 0.717) is 17.0 Å². The van der Waals surface area contributed by atoms with Crippen LogP contribution in [0.2, 0.25) is 24.9 Å². The molecule has 2 aromatic rings. The molecule has 1 aliphatic rings. The van der Waals surface area contributed by atoms with Gasteiger partial charge in [-0.25, -0.2) is 9.37 Å². The third-order valence-electron chi connectivity index (χ3n) is 3.93. The summed E-state index contributed by atoms with van der Waals surface area (Å²) >= 11 is 6.01. The van der Waals surface area contributed by atoms with E-state index in [1.54, 1.807) is 0 Å². The molecule has 11 heteroatoms. The second-order valence-electron chi connectivity index (χ2n) is 7.26. The highest BCUT2D eigenvalue weighted by Gasteiger charge is 2.45. The fourth-order valence-electron chi connectivity index (χ4n) is 2.63. The molecule has 1 fully saturated rings. The third-order valence-corrected chi connectivity index (χ3v) is 5.33. The third kappa shape index (κ3) is 3.63. The van der Waals surface area contributed by atoms with Gasteiger partial charge in [0, 0.05) is 6.17 Å². The number of imidazole rings is 1. The first kappa shape index (κ1) is 18.5. The lowest BCUT2D eigenvalue weighted by atomic mass is 10.1. The van der Waals surface area contributed by atoms with Gasteiger partial charge in [0.2, 0.25) is 5.28 Å². The van der Waals surface area contributed by atoms with Crippen molar-refractivity contribution in [1.29, 1.82) is 0 Å². The van der Waals surface area contributed by atoms with Crippen molar-refractivity contribution in [3.63, 3.8) is 0 Å². The van der Waals surface area contributed by atoms with Crippen LogP contribution in [-0.2, 0) is 4.74 Å². The van der Waals surface area contributed by atoms with E-state index in [-0.39, 0.29) is 5.28 Å². The lowest BCUT2D eigenvalue weighted by molar-refractivity contribution is -0.0459. The predicted octanol–water partition coefficient (Wildman–Crippen LogP) is 1.36. The van der Waals surface area contributed by atoms with E-state index in [2.05, 4.69) is 39.9 Å². The molecule has 1 aliphatic heterocycles. The lowest BCUT2D eigenvalue weighted by Crippen LogP contribution is -2.31. The van der Waals surface area contributed by atoms with Crippen LogP contribution in [0.4, 0.5) is 10.2 Å². The van der Waals surface area contributed by atoms with Crippen molar-refractivity contribution >= 4 is 36.7 Å². The first-order chi connectivity index (χ1) is 11.7. The number of aliphatic hydroxyl groups is 2. The van der Waals surface area contributed by atoms with E-state index in [1.807, 2.05) is 0 Å². The average Bonchev–Trinajstić information content (AvgIpc) is 3.06. The van der Waals surface area contributed by atoms with Crippen LogP contribution in [0.3, 0.4) is 0 Å². The van der Waals surface area contributed by atoms with Gasteiger partial charge < -0.3 is 20.3 Å². The summed E-state index contributed by atoms with van der Waals surface area (Å²) in [5.74, 6) is 0.476. The molecule has 0 saturated carbocycles. The van der Waals surface area contributed by atoms with Crippen LogP contribution in [0, 0.1) is 0 Å². The molecule has 4 atom stereocenters. The molecule has 0 radical (unpaired) electrons. The van der Waals surface area contributed by atoms with E-state index < -0.39 is 39.3 Å². The number of aromatic nitrogens is 4. The molecule has 0 amide bonds. The first-order valence-corrected chi connectivity index (χ1v) is 12.0. The Kier molecular flexibility index (Phi) is 4.99. The fraction of sp³-hybridized carbons (Fsp3) is 0.643. The summed E-state index contributed by atoms with van der Waals surface area (Å²) in [6.07, 6.45) is -3.15. The Morgan fingerprint density at radius 3 is 2.72 bits per heavy atom. The Balaban J connectivity index is 1.98. The summed E-state index contributed by atoms with van der Waals surface area (Å²) in [5, 5.41) is 22.2. The van der Waals surface area contributed by atoms with Crippen LogP contribution in [0.5, 0.6) is 0 Å². The van der Waals surface area contributed by atoms with Gasteiger partial charge in [0.25, 0.3) is 0 Å². The summed E-state index contributed by atoms with van der Waals surface area (Å²) in [6.45, 7) is 6.13. The van der Waals surface area contributed by atoms with Crippen LogP contribution in [0.1, 0.15) is 6.23 Å². The highest BCUT2D eigenvalue weighted by Crippen LogP contribution is 2.34. The Bertz CT molecular complexity index is 771. The summed E-state index contributed by atoms with van der Waals surface area (Å²) in [6, 6.07) is 0. The minimum absolute atomic E-state index is 0.0000115. The maximum Gasteiger partial charge on any atom is 0.226 e. The highest BCUT2D eigenvalue weighted by molar-refractivity contribution is 6.76. The number of rotatable bonds is 5. The Morgan fingerprint density at radius 2 is 2.12 bits per heavy atom. The Morgan fingerprint density at radius 1 is 1.40 bits per heavy atom. The zero-order valence-electron chi connectivity index (χ0n) is 14.1. The molecule has 0 aromatic carbocycles. The van der Waals surface area contributed by atoms with Gasteiger partial charge in [-0.3, -0.25) is 4.57 Å². The van der Waals surface area contributed by atoms with Gasteiger partial charge in [-0.05, 0) is 11.6 Å². The molecule has 2 aromatic heterocycles. The molecule has 3 N–H and O–H groups in total. The van der Waals surface area contributed by atoms with Crippen molar-refractivity contribution in [2.75, 3.05) is 18.1 Å². The van der Waals surface area contributed by atoms with E-state index in [9.17, 15) is 14.6 Å². The van der Waals surface area contributed by atoms with E-state index >= 15 is 0 Å². The van der Waals surface area contributed by atoms with Gasteiger partial charge in [0.1, 0.15) is 12.2 Å². The van der Waals surface area contributed by atoms with Gasteiger partial charge in [-0.15, -0.1) is 0 Å². The Hall–Kier alpha value is -1.33. The number of nitrogens with one attached hydrogen (secondary N) is 1. The molecule has 25 heavy (non-hydrogen) atoms. The van der Waals surface area contributed by atoms with Crippen molar-refractivity contribution in [3.05, 3.63) is 11.6 Å². The number of hydrogen-bond acceptors (Lipinski definition) is 7. The van der Waals surface area contributed by atoms with Crippen molar-refractivity contribution in [3.8, 4) is 0 Å². The van der Waals surface area contributed by atoms with Gasteiger partial charge in [0.15, 0.2) is 29.4 Å². The number of halogens is 2. The SMILES string of the molecule is C[Si](C)(C)CNc1nc(Cl)nc2c1ncn2C1OC(CO)C(O)C1F. The molecule has 0 spiro atoms. The number of hydrogen-bond donors (Lipinski definition) is 3. The number of fused-ring (bicyclic) bond motifs is 1. The number of nitrogens with zero attached hydrogens (tertiary/aromatic N) is 4. The molecular weight excluding hydrogens is 369 g/mol. The highest BCUT2D eigenvalue weighted by atomic mass is 35.5. The van der Waals surface area contributed by atoms with E-state index in [1.165, 1.54) is 10.9 Å². The number of ether oxygens (including phenoxy) is 1. The number of anilines is 1. The van der Waals surface area contributed by atoms with Gasteiger partial charge in [0.05, 0.1) is 21.0 Å². The largest absolute Gasteiger partial charge is 0.394 e. The zero-order chi connectivity index (χ0) is 18.4. The number of alkyl halides is 1. The van der Waals surface area contributed by atoms with Gasteiger partial charge in [-0.1, -0.05) is 19.6 Å². The molecule has 0 aliphatic carbocycles. The normalized spacial score (nSPS) is 27.2. The molecule has 4 unspecified atom stereocenters. The first-order valence-electron chi connectivity index (χ1n) is 7.93. The van der Waals surface area contributed by atoms with Crippen molar-refractivity contribution in [2.24, 2.45) is 0 Å². The standard InChI is InChI=1S/C14H21ClFN5O3Si/c1-25(2,3)6-18-11-9-12(20-14(15)19-11)21(5-17-9)13-8(16)10(23)7(4-22)24-13/h5,7-8,10,13,22-23H,4,6H2,1-3H3,(H,18,19,20). The van der Waals surface area contributed by atoms with Crippen molar-refractivity contribution in [2.45, 2.75) is 44.2 Å². The van der Waals surface area contributed by atoms with Gasteiger partial charge >= 0.3 is 0 Å². The number of aliphatic hydroxyl groups excluding tert-OH is 2. The predicted molar refractivity (Wildman–Crippen MR) is 94.1 cm³/mol. The quantitative estimate of drug-likeness (QED) is 0.523. The van der Waals surface area contributed by atoms with Crippen LogP contribution in [-0.4, -0.2) is 69.0 Å². The maximum absolute atomic E-state index is 14.4. The second-order valence-corrected chi connectivity index (χ2v) is 13.1. The zero-order valence-corrected chi connectivity index (χ0v) is 15.9. The van der Waals surface area contributed by atoms with Crippen LogP contribution >= 0.6 is 11.6 Å². The summed E-state index contributed by atoms with van der Waals surface area (Å²) in [7, 11) is -1.39. The van der Waals surface area contributed by atoms with Gasteiger partial charge in [-0.2, -0.15) is 9.97 Å². The molecular formula is C14H21ClFN5O3Si. The molecule has 3 rings (SSSR count). The minimum Gasteiger partial charge on any atom is -0.394 e. The average molecular weight is 390 g/mol. The van der Waals surface area contributed by atoms with Crippen LogP contribution < -0.4 is 5.32 Å². The molecule has 1 saturated heterocycles. The fourth-order valence-corrected chi connectivity index (χ4v) is 3.49. The maximum atomic E-state index is 14.4. The summed E-state index contributed by atoms with van der Waals surface area (Å²) in [4.78, 5) is 12.6.